The van der Waals surface area contributed by atoms with E-state index in [1.165, 1.54) is 12.1 Å². The van der Waals surface area contributed by atoms with Crippen molar-refractivity contribution in [3.63, 3.8) is 0 Å². The summed E-state index contributed by atoms with van der Waals surface area (Å²) in [6.45, 7) is 4.46. The number of nitrogens with zero attached hydrogens (tertiary/aromatic N) is 4. The minimum absolute atomic E-state index is 0.0939. The van der Waals surface area contributed by atoms with Crippen LogP contribution in [0.5, 0.6) is 0 Å². The topological polar surface area (TPSA) is 65.1 Å². The van der Waals surface area contributed by atoms with E-state index in [1.807, 2.05) is 6.07 Å². The maximum absolute atomic E-state index is 13.6. The van der Waals surface area contributed by atoms with E-state index in [-0.39, 0.29) is 17.8 Å². The van der Waals surface area contributed by atoms with Crippen molar-refractivity contribution in [2.75, 3.05) is 24.5 Å². The van der Waals surface area contributed by atoms with Gasteiger partial charge in [0.05, 0.1) is 6.04 Å². The van der Waals surface area contributed by atoms with Gasteiger partial charge in [-0.05, 0) is 57.0 Å². The van der Waals surface area contributed by atoms with E-state index in [0.717, 1.165) is 56.8 Å². The molecule has 7 heteroatoms. The molecule has 1 aromatic heterocycles. The summed E-state index contributed by atoms with van der Waals surface area (Å²) in [7, 11) is 0. The highest BCUT2D eigenvalue weighted by atomic mass is 19.1. The molecule has 0 aliphatic carbocycles. The Kier molecular flexibility index (Phi) is 5.20. The van der Waals surface area contributed by atoms with Crippen LogP contribution in [-0.4, -0.2) is 51.7 Å². The third-order valence-corrected chi connectivity index (χ3v) is 5.75. The monoisotopic (exact) mass is 371 g/mol. The number of H-pyrrole nitrogens is 1. The van der Waals surface area contributed by atoms with Gasteiger partial charge in [-0.2, -0.15) is 5.10 Å². The Morgan fingerprint density at radius 3 is 2.74 bits per heavy atom. The van der Waals surface area contributed by atoms with E-state index in [9.17, 15) is 9.18 Å². The molecule has 0 bridgehead atoms. The molecule has 2 aliphatic rings. The molecule has 1 amide bonds. The van der Waals surface area contributed by atoms with Crippen LogP contribution < -0.4 is 4.90 Å². The van der Waals surface area contributed by atoms with E-state index < -0.39 is 0 Å². The third kappa shape index (κ3) is 3.74. The van der Waals surface area contributed by atoms with Gasteiger partial charge in [0, 0.05) is 24.6 Å². The van der Waals surface area contributed by atoms with Crippen molar-refractivity contribution in [1.29, 1.82) is 0 Å². The Balaban J connectivity index is 1.41. The Morgan fingerprint density at radius 1 is 1.22 bits per heavy atom. The first kappa shape index (κ1) is 18.1. The van der Waals surface area contributed by atoms with Gasteiger partial charge in [-0.1, -0.05) is 13.0 Å². The highest BCUT2D eigenvalue weighted by Crippen LogP contribution is 2.30. The van der Waals surface area contributed by atoms with Gasteiger partial charge < -0.3 is 4.90 Å². The van der Waals surface area contributed by atoms with Crippen molar-refractivity contribution in [3.8, 4) is 0 Å². The van der Waals surface area contributed by atoms with Crippen LogP contribution in [-0.2, 0) is 11.2 Å². The van der Waals surface area contributed by atoms with E-state index in [0.29, 0.717) is 18.2 Å². The van der Waals surface area contributed by atoms with E-state index in [1.54, 1.807) is 11.0 Å². The fraction of sp³-hybridized carbons (Fsp3) is 0.550. The molecule has 2 aromatic rings. The predicted molar refractivity (Wildman–Crippen MR) is 101 cm³/mol. The van der Waals surface area contributed by atoms with Crippen molar-refractivity contribution in [2.45, 2.75) is 51.0 Å². The Labute approximate surface area is 158 Å². The first-order valence-electron chi connectivity index (χ1n) is 9.88. The second kappa shape index (κ2) is 7.76. The SMILES string of the molecule is CCc1nc(C2CCN(C3CCCN(c4cccc(F)c4)C3=O)CC2)n[nH]1. The zero-order chi connectivity index (χ0) is 18.8. The molecule has 1 N–H and O–H groups in total. The lowest BCUT2D eigenvalue weighted by Crippen LogP contribution is -2.54. The molecule has 0 radical (unpaired) electrons. The molecule has 2 saturated heterocycles. The number of aromatic nitrogens is 3. The Bertz CT molecular complexity index is 799. The number of aromatic amines is 1. The molecule has 2 aliphatic heterocycles. The van der Waals surface area contributed by atoms with Gasteiger partial charge >= 0.3 is 0 Å². The second-order valence-electron chi connectivity index (χ2n) is 7.43. The lowest BCUT2D eigenvalue weighted by Gasteiger charge is -2.41. The number of nitrogens with one attached hydrogen (secondary N) is 1. The number of rotatable bonds is 4. The van der Waals surface area contributed by atoms with Crippen molar-refractivity contribution in [2.24, 2.45) is 0 Å². The predicted octanol–water partition coefficient (Wildman–Crippen LogP) is 2.88. The second-order valence-corrected chi connectivity index (χ2v) is 7.43. The molecule has 1 unspecified atom stereocenters. The van der Waals surface area contributed by atoms with Crippen molar-refractivity contribution in [1.82, 2.24) is 20.1 Å². The van der Waals surface area contributed by atoms with Crippen LogP contribution in [0.1, 0.15) is 50.2 Å². The summed E-state index contributed by atoms with van der Waals surface area (Å²) in [5, 5.41) is 7.35. The number of anilines is 1. The van der Waals surface area contributed by atoms with Crippen LogP contribution in [0.4, 0.5) is 10.1 Å². The first-order valence-corrected chi connectivity index (χ1v) is 9.88. The summed E-state index contributed by atoms with van der Waals surface area (Å²) in [4.78, 5) is 21.7. The van der Waals surface area contributed by atoms with Crippen molar-refractivity contribution < 1.29 is 9.18 Å². The number of likely N-dealkylation sites (tertiary alicyclic amines) is 1. The highest BCUT2D eigenvalue weighted by molar-refractivity contribution is 5.97. The van der Waals surface area contributed by atoms with Gasteiger partial charge in [0.15, 0.2) is 5.82 Å². The highest BCUT2D eigenvalue weighted by Gasteiger charge is 2.36. The number of hydrogen-bond donors (Lipinski definition) is 1. The minimum atomic E-state index is -0.304. The fourth-order valence-electron chi connectivity index (χ4n) is 4.22. The smallest absolute Gasteiger partial charge is 0.244 e. The number of amides is 1. The number of carbonyl (C=O) groups is 1. The number of carbonyl (C=O) groups excluding carboxylic acids is 1. The summed E-state index contributed by atoms with van der Waals surface area (Å²) >= 11 is 0. The molecule has 3 heterocycles. The molecule has 2 fully saturated rings. The standard InChI is InChI=1S/C20H26FN5O/c1-2-18-22-19(24-23-18)14-8-11-25(12-9-14)17-7-4-10-26(20(17)27)16-6-3-5-15(21)13-16/h3,5-6,13-14,17H,2,4,7-12H2,1H3,(H,22,23,24). The normalized spacial score (nSPS) is 22.4. The van der Waals surface area contributed by atoms with E-state index in [4.69, 9.17) is 0 Å². The lowest BCUT2D eigenvalue weighted by atomic mass is 9.93. The van der Waals surface area contributed by atoms with Crippen LogP contribution in [0.25, 0.3) is 0 Å². The average molecular weight is 371 g/mol. The van der Waals surface area contributed by atoms with Crippen molar-refractivity contribution >= 4 is 11.6 Å². The van der Waals surface area contributed by atoms with Gasteiger partial charge in [-0.15, -0.1) is 0 Å². The van der Waals surface area contributed by atoms with Crippen LogP contribution in [0.3, 0.4) is 0 Å². The molecule has 1 aromatic carbocycles. The van der Waals surface area contributed by atoms with Gasteiger partial charge in [0.2, 0.25) is 5.91 Å². The first-order chi connectivity index (χ1) is 13.2. The van der Waals surface area contributed by atoms with Crippen LogP contribution in [0, 0.1) is 5.82 Å². The summed E-state index contributed by atoms with van der Waals surface area (Å²) in [5.41, 5.74) is 0.660. The number of hydrogen-bond acceptors (Lipinski definition) is 4. The molecular weight excluding hydrogens is 345 g/mol. The molecule has 27 heavy (non-hydrogen) atoms. The maximum Gasteiger partial charge on any atom is 0.244 e. The number of aryl methyl sites for hydroxylation is 1. The quantitative estimate of drug-likeness (QED) is 0.898. The lowest BCUT2D eigenvalue weighted by molar-refractivity contribution is -0.125. The van der Waals surface area contributed by atoms with Crippen LogP contribution >= 0.6 is 0 Å². The average Bonchev–Trinajstić information content (AvgIpc) is 3.18. The van der Waals surface area contributed by atoms with Crippen molar-refractivity contribution in [3.05, 3.63) is 41.7 Å². The van der Waals surface area contributed by atoms with Crippen LogP contribution in [0.2, 0.25) is 0 Å². The Hall–Kier alpha value is -2.28. The van der Waals surface area contributed by atoms with Crippen LogP contribution in [0.15, 0.2) is 24.3 Å². The van der Waals surface area contributed by atoms with E-state index in [2.05, 4.69) is 27.0 Å². The molecular formula is C20H26FN5O. The number of piperidine rings is 2. The molecule has 0 saturated carbocycles. The zero-order valence-electron chi connectivity index (χ0n) is 15.7. The summed E-state index contributed by atoms with van der Waals surface area (Å²) in [6, 6.07) is 6.22. The zero-order valence-corrected chi connectivity index (χ0v) is 15.7. The van der Waals surface area contributed by atoms with Gasteiger partial charge in [-0.25, -0.2) is 9.37 Å². The Morgan fingerprint density at radius 2 is 2.04 bits per heavy atom. The molecule has 6 nitrogen and oxygen atoms in total. The third-order valence-electron chi connectivity index (χ3n) is 5.75. The molecule has 1 atom stereocenters. The van der Waals surface area contributed by atoms with Gasteiger partial charge in [-0.3, -0.25) is 14.8 Å². The largest absolute Gasteiger partial charge is 0.311 e. The molecule has 4 rings (SSSR count). The summed E-state index contributed by atoms with van der Waals surface area (Å²) in [6.07, 6.45) is 4.59. The summed E-state index contributed by atoms with van der Waals surface area (Å²) in [5.74, 6) is 1.98. The van der Waals surface area contributed by atoms with E-state index >= 15 is 0 Å². The number of benzene rings is 1. The fourth-order valence-corrected chi connectivity index (χ4v) is 4.22. The minimum Gasteiger partial charge on any atom is -0.311 e. The van der Waals surface area contributed by atoms with Gasteiger partial charge in [0.1, 0.15) is 11.6 Å². The molecule has 144 valence electrons. The number of halogens is 1. The maximum atomic E-state index is 13.6. The summed E-state index contributed by atoms with van der Waals surface area (Å²) < 4.78 is 13.6. The molecule has 0 spiro atoms. The van der Waals surface area contributed by atoms with Gasteiger partial charge in [0.25, 0.3) is 0 Å².